The average Bonchev–Trinajstić information content (AvgIpc) is 3.55. The average molecular weight is 674 g/mol. The van der Waals surface area contributed by atoms with Crippen molar-refractivity contribution in [3.8, 4) is 17.2 Å². The van der Waals surface area contributed by atoms with Crippen molar-refractivity contribution in [2.75, 3.05) is 49.9 Å². The second-order valence-corrected chi connectivity index (χ2v) is 13.0. The second-order valence-electron chi connectivity index (χ2n) is 13.0. The maximum absolute atomic E-state index is 13.8. The van der Waals surface area contributed by atoms with E-state index in [2.05, 4.69) is 22.5 Å². The first-order valence-corrected chi connectivity index (χ1v) is 16.8. The third-order valence-corrected chi connectivity index (χ3v) is 8.87. The molecule has 0 bridgehead atoms. The van der Waals surface area contributed by atoms with Gasteiger partial charge in [0.1, 0.15) is 11.9 Å². The van der Waals surface area contributed by atoms with E-state index in [9.17, 15) is 19.5 Å². The van der Waals surface area contributed by atoms with Crippen LogP contribution in [0.2, 0.25) is 0 Å². The molecule has 2 aliphatic rings. The molecule has 0 aromatic heterocycles. The standard InChI is InChI=1S/C37H47N5O7/c1-24-19-42(25(2)22-43)37(46)28-18-27(39-35(44)11-5-4-6-12-36(45)40-30-10-8-7-9-29(30)38)14-16-31(28)49-34(24)21-41(3)20-26-13-15-32-33(17-26)48-23-47-32/h7-10,13-18,24-25,34,43H,4-6,11-12,19-23,38H2,1-3H3,(H,39,44)(H,40,45)/t24-,25+,34+/m0/s1. The molecule has 0 aliphatic carbocycles. The smallest absolute Gasteiger partial charge is 0.258 e. The summed E-state index contributed by atoms with van der Waals surface area (Å²) >= 11 is 0. The van der Waals surface area contributed by atoms with Crippen LogP contribution in [-0.2, 0) is 16.1 Å². The number of hydrogen-bond acceptors (Lipinski definition) is 9. The highest BCUT2D eigenvalue weighted by Crippen LogP contribution is 2.34. The first kappa shape index (κ1) is 35.5. The Bertz CT molecular complexity index is 1630. The van der Waals surface area contributed by atoms with E-state index in [1.165, 1.54) is 0 Å². The van der Waals surface area contributed by atoms with Crippen molar-refractivity contribution in [1.82, 2.24) is 9.80 Å². The molecular formula is C37H47N5O7. The Balaban J connectivity index is 1.18. The number of para-hydroxylation sites is 2. The molecule has 12 nitrogen and oxygen atoms in total. The first-order chi connectivity index (χ1) is 23.6. The van der Waals surface area contributed by atoms with Crippen LogP contribution in [0.3, 0.4) is 0 Å². The van der Waals surface area contributed by atoms with Gasteiger partial charge >= 0.3 is 0 Å². The van der Waals surface area contributed by atoms with Crippen LogP contribution in [0.5, 0.6) is 17.2 Å². The number of aliphatic hydroxyl groups excluding tert-OH is 1. The second kappa shape index (κ2) is 16.5. The fourth-order valence-electron chi connectivity index (χ4n) is 6.04. The lowest BCUT2D eigenvalue weighted by atomic mass is 9.99. The van der Waals surface area contributed by atoms with Crippen LogP contribution < -0.4 is 30.6 Å². The quantitative estimate of drug-likeness (QED) is 0.138. The molecule has 262 valence electrons. The number of aliphatic hydroxyl groups is 1. The van der Waals surface area contributed by atoms with E-state index in [4.69, 9.17) is 19.9 Å². The highest BCUT2D eigenvalue weighted by atomic mass is 16.7. The largest absolute Gasteiger partial charge is 0.488 e. The number of hydrogen-bond donors (Lipinski definition) is 4. The number of rotatable bonds is 14. The minimum Gasteiger partial charge on any atom is -0.488 e. The summed E-state index contributed by atoms with van der Waals surface area (Å²) in [4.78, 5) is 42.8. The van der Waals surface area contributed by atoms with Gasteiger partial charge in [0.25, 0.3) is 5.91 Å². The Kier molecular flexibility index (Phi) is 12.0. The number of fused-ring (bicyclic) bond motifs is 2. The van der Waals surface area contributed by atoms with Gasteiger partial charge in [0, 0.05) is 44.1 Å². The fraction of sp³-hybridized carbons (Fsp3) is 0.432. The summed E-state index contributed by atoms with van der Waals surface area (Å²) in [5.41, 5.74) is 8.90. The van der Waals surface area contributed by atoms with Crippen LogP contribution in [0.15, 0.2) is 60.7 Å². The van der Waals surface area contributed by atoms with E-state index in [0.29, 0.717) is 73.7 Å². The maximum atomic E-state index is 13.8. The molecule has 2 aliphatic heterocycles. The van der Waals surface area contributed by atoms with Crippen LogP contribution >= 0.6 is 0 Å². The number of nitrogens with one attached hydrogen (secondary N) is 2. The Hall–Kier alpha value is -4.81. The molecule has 5 rings (SSSR count). The van der Waals surface area contributed by atoms with Crippen LogP contribution in [0.4, 0.5) is 17.1 Å². The maximum Gasteiger partial charge on any atom is 0.258 e. The molecule has 0 unspecified atom stereocenters. The lowest BCUT2D eigenvalue weighted by Gasteiger charge is -2.38. The van der Waals surface area contributed by atoms with Crippen LogP contribution in [-0.4, -0.2) is 78.3 Å². The number of unbranched alkanes of at least 4 members (excludes halogenated alkanes) is 2. The van der Waals surface area contributed by atoms with Crippen LogP contribution in [0.1, 0.15) is 61.9 Å². The number of nitrogens with zero attached hydrogens (tertiary/aromatic N) is 2. The zero-order valence-electron chi connectivity index (χ0n) is 28.4. The van der Waals surface area contributed by atoms with E-state index in [-0.39, 0.29) is 49.6 Å². The molecule has 49 heavy (non-hydrogen) atoms. The van der Waals surface area contributed by atoms with Crippen molar-refractivity contribution < 1.29 is 33.7 Å². The molecule has 5 N–H and O–H groups in total. The van der Waals surface area contributed by atoms with Crippen molar-refractivity contribution in [3.63, 3.8) is 0 Å². The first-order valence-electron chi connectivity index (χ1n) is 16.8. The molecule has 0 radical (unpaired) electrons. The Morgan fingerprint density at radius 2 is 1.69 bits per heavy atom. The lowest BCUT2D eigenvalue weighted by Crippen LogP contribution is -2.49. The Labute approximate surface area is 287 Å². The summed E-state index contributed by atoms with van der Waals surface area (Å²) in [5.74, 6) is 1.31. The number of likely N-dealkylation sites (N-methyl/N-ethyl adjacent to an activating group) is 1. The van der Waals surface area contributed by atoms with Crippen molar-refractivity contribution in [3.05, 3.63) is 71.8 Å². The summed E-state index contributed by atoms with van der Waals surface area (Å²) in [6.07, 6.45) is 2.31. The highest BCUT2D eigenvalue weighted by molar-refractivity contribution is 6.00. The molecule has 3 atom stereocenters. The van der Waals surface area contributed by atoms with Gasteiger partial charge in [0.05, 0.1) is 29.6 Å². The molecule has 0 fully saturated rings. The van der Waals surface area contributed by atoms with Gasteiger partial charge in [-0.15, -0.1) is 0 Å². The SMILES string of the molecule is C[C@H](CO)N1C[C@H](C)[C@@H](CN(C)Cc2ccc3c(c2)OCO3)Oc2ccc(NC(=O)CCCCCC(=O)Nc3ccccc3N)cc2C1=O. The summed E-state index contributed by atoms with van der Waals surface area (Å²) in [7, 11) is 2.02. The summed E-state index contributed by atoms with van der Waals surface area (Å²) < 4.78 is 17.5. The number of amides is 3. The number of nitrogen functional groups attached to an aromatic ring is 1. The molecular weight excluding hydrogens is 626 g/mol. The predicted molar refractivity (Wildman–Crippen MR) is 188 cm³/mol. The van der Waals surface area contributed by atoms with Crippen molar-refractivity contribution >= 4 is 34.8 Å². The molecule has 2 heterocycles. The summed E-state index contributed by atoms with van der Waals surface area (Å²) in [5, 5.41) is 15.7. The molecule has 12 heteroatoms. The monoisotopic (exact) mass is 673 g/mol. The van der Waals surface area contributed by atoms with Crippen molar-refractivity contribution in [1.29, 1.82) is 0 Å². The van der Waals surface area contributed by atoms with Gasteiger partial charge in [-0.1, -0.05) is 31.5 Å². The minimum atomic E-state index is -0.404. The van der Waals surface area contributed by atoms with Gasteiger partial charge in [-0.05, 0) is 74.8 Å². The third-order valence-electron chi connectivity index (χ3n) is 8.87. The number of anilines is 3. The third kappa shape index (κ3) is 9.42. The van der Waals surface area contributed by atoms with E-state index in [1.807, 2.05) is 44.3 Å². The van der Waals surface area contributed by atoms with Gasteiger partial charge in [0.15, 0.2) is 11.5 Å². The number of benzene rings is 3. The van der Waals surface area contributed by atoms with Gasteiger partial charge in [0.2, 0.25) is 18.6 Å². The van der Waals surface area contributed by atoms with E-state index >= 15 is 0 Å². The lowest BCUT2D eigenvalue weighted by molar-refractivity contribution is -0.116. The highest BCUT2D eigenvalue weighted by Gasteiger charge is 2.33. The molecule has 0 saturated carbocycles. The number of ether oxygens (including phenoxy) is 3. The normalized spacial score (nSPS) is 17.5. The number of carbonyl (C=O) groups is 3. The van der Waals surface area contributed by atoms with E-state index in [0.717, 1.165) is 17.1 Å². The van der Waals surface area contributed by atoms with Crippen LogP contribution in [0.25, 0.3) is 0 Å². The Morgan fingerprint density at radius 1 is 0.980 bits per heavy atom. The Morgan fingerprint density at radius 3 is 2.45 bits per heavy atom. The van der Waals surface area contributed by atoms with E-state index in [1.54, 1.807) is 35.2 Å². The van der Waals surface area contributed by atoms with Crippen LogP contribution in [0, 0.1) is 5.92 Å². The zero-order chi connectivity index (χ0) is 34.9. The van der Waals surface area contributed by atoms with Gasteiger partial charge < -0.3 is 40.6 Å². The summed E-state index contributed by atoms with van der Waals surface area (Å²) in [6.45, 7) is 5.56. The molecule has 3 aromatic rings. The van der Waals surface area contributed by atoms with Gasteiger partial charge in [-0.2, -0.15) is 0 Å². The minimum absolute atomic E-state index is 0.0350. The molecule has 3 amide bonds. The predicted octanol–water partition coefficient (Wildman–Crippen LogP) is 4.88. The van der Waals surface area contributed by atoms with Gasteiger partial charge in [-0.25, -0.2) is 0 Å². The fourth-order valence-corrected chi connectivity index (χ4v) is 6.04. The van der Waals surface area contributed by atoms with Crippen molar-refractivity contribution in [2.24, 2.45) is 5.92 Å². The van der Waals surface area contributed by atoms with Gasteiger partial charge in [-0.3, -0.25) is 19.3 Å². The molecule has 0 spiro atoms. The molecule has 0 saturated heterocycles. The topological polar surface area (TPSA) is 156 Å². The molecule has 3 aromatic carbocycles. The zero-order valence-corrected chi connectivity index (χ0v) is 28.4. The number of carbonyl (C=O) groups excluding carboxylic acids is 3. The summed E-state index contributed by atoms with van der Waals surface area (Å²) in [6, 6.07) is 17.7. The van der Waals surface area contributed by atoms with E-state index < -0.39 is 6.04 Å². The van der Waals surface area contributed by atoms with Crippen molar-refractivity contribution in [2.45, 2.75) is 64.6 Å². The number of nitrogens with two attached hydrogens (primary N) is 1.